The average Bonchev–Trinajstić information content (AvgIpc) is 3.20. The second-order valence-corrected chi connectivity index (χ2v) is 4.77. The summed E-state index contributed by atoms with van der Waals surface area (Å²) in [6, 6.07) is 12.1. The van der Waals surface area contributed by atoms with Crippen molar-refractivity contribution in [2.45, 2.75) is 6.42 Å². The zero-order chi connectivity index (χ0) is 14.1. The van der Waals surface area contributed by atoms with Gasteiger partial charge in [0, 0.05) is 12.0 Å². The van der Waals surface area contributed by atoms with Crippen LogP contribution in [0.3, 0.4) is 0 Å². The van der Waals surface area contributed by atoms with E-state index < -0.39 is 0 Å². The molecule has 0 atom stereocenters. The fourth-order valence-electron chi connectivity index (χ4n) is 2.37. The first-order valence-corrected chi connectivity index (χ1v) is 6.66. The van der Waals surface area contributed by atoms with E-state index in [1.54, 1.807) is 18.9 Å². The number of aromatic nitrogens is 4. The van der Waals surface area contributed by atoms with Gasteiger partial charge in [0.05, 0.1) is 18.3 Å². The highest BCUT2D eigenvalue weighted by Crippen LogP contribution is 2.21. The molecule has 102 valence electrons. The largest absolute Gasteiger partial charge is 0.464 e. The van der Waals surface area contributed by atoms with Crippen molar-refractivity contribution in [1.29, 1.82) is 0 Å². The monoisotopic (exact) mass is 276 g/mol. The molecule has 0 bridgehead atoms. The van der Waals surface area contributed by atoms with Gasteiger partial charge in [-0.15, -0.1) is 0 Å². The summed E-state index contributed by atoms with van der Waals surface area (Å²) < 4.78 is 5.39. The lowest BCUT2D eigenvalue weighted by atomic mass is 10.1. The zero-order valence-electron chi connectivity index (χ0n) is 11.2. The predicted octanol–water partition coefficient (Wildman–Crippen LogP) is 3.20. The van der Waals surface area contributed by atoms with E-state index in [1.165, 1.54) is 5.56 Å². The fraction of sp³-hybridized carbons (Fsp3) is 0.0625. The minimum absolute atomic E-state index is 0.701. The smallest absolute Gasteiger partial charge is 0.180 e. The highest BCUT2D eigenvalue weighted by atomic mass is 16.3. The Morgan fingerprint density at radius 3 is 2.71 bits per heavy atom. The maximum Gasteiger partial charge on any atom is 0.180 e. The standard InChI is InChI=1S/C16H12N4O/c1-2-14(21-7-1)12-5-3-11(4-6-12)8-13-15-16(19-9-17-13)20-10-18-15/h1-7,9-10H,8H2,(H,17,18,19,20). The normalized spacial score (nSPS) is 11.0. The third-order valence-electron chi connectivity index (χ3n) is 3.43. The van der Waals surface area contributed by atoms with Crippen molar-refractivity contribution in [1.82, 2.24) is 19.9 Å². The van der Waals surface area contributed by atoms with Crippen molar-refractivity contribution in [3.05, 3.63) is 66.6 Å². The molecule has 0 fully saturated rings. The lowest BCUT2D eigenvalue weighted by Gasteiger charge is -2.03. The molecule has 1 aromatic carbocycles. The quantitative estimate of drug-likeness (QED) is 0.624. The molecule has 0 saturated heterocycles. The van der Waals surface area contributed by atoms with Crippen LogP contribution in [-0.4, -0.2) is 19.9 Å². The fourth-order valence-corrected chi connectivity index (χ4v) is 2.37. The molecule has 3 aromatic heterocycles. The Labute approximate surface area is 120 Å². The first-order chi connectivity index (χ1) is 10.4. The molecule has 4 aromatic rings. The molecule has 0 aliphatic carbocycles. The van der Waals surface area contributed by atoms with Crippen molar-refractivity contribution >= 4 is 11.2 Å². The number of hydrogen-bond donors (Lipinski definition) is 1. The lowest BCUT2D eigenvalue weighted by Crippen LogP contribution is -1.95. The molecule has 0 saturated carbocycles. The first-order valence-electron chi connectivity index (χ1n) is 6.66. The summed E-state index contributed by atoms with van der Waals surface area (Å²) in [6.07, 6.45) is 5.61. The predicted molar refractivity (Wildman–Crippen MR) is 78.6 cm³/mol. The molecular weight excluding hydrogens is 264 g/mol. The molecule has 0 unspecified atom stereocenters. The molecule has 5 heteroatoms. The van der Waals surface area contributed by atoms with Crippen LogP contribution in [0.5, 0.6) is 0 Å². The number of benzene rings is 1. The molecule has 0 aliphatic rings. The van der Waals surface area contributed by atoms with Gasteiger partial charge >= 0.3 is 0 Å². The Hall–Kier alpha value is -2.95. The van der Waals surface area contributed by atoms with E-state index in [-0.39, 0.29) is 0 Å². The van der Waals surface area contributed by atoms with Gasteiger partial charge in [0.25, 0.3) is 0 Å². The minimum Gasteiger partial charge on any atom is -0.464 e. The summed E-state index contributed by atoms with van der Waals surface area (Å²) in [5, 5.41) is 0. The van der Waals surface area contributed by atoms with Gasteiger partial charge in [0.2, 0.25) is 0 Å². The third-order valence-corrected chi connectivity index (χ3v) is 3.43. The molecule has 0 aliphatic heterocycles. The van der Waals surface area contributed by atoms with E-state index in [0.717, 1.165) is 29.0 Å². The molecule has 1 N–H and O–H groups in total. The number of aromatic amines is 1. The van der Waals surface area contributed by atoms with Gasteiger partial charge < -0.3 is 9.40 Å². The summed E-state index contributed by atoms with van der Waals surface area (Å²) in [6.45, 7) is 0. The molecule has 5 nitrogen and oxygen atoms in total. The maximum atomic E-state index is 5.39. The van der Waals surface area contributed by atoms with Gasteiger partial charge in [-0.1, -0.05) is 24.3 Å². The van der Waals surface area contributed by atoms with E-state index in [9.17, 15) is 0 Å². The van der Waals surface area contributed by atoms with Crippen molar-refractivity contribution in [3.63, 3.8) is 0 Å². The molecule has 0 radical (unpaired) electrons. The zero-order valence-corrected chi connectivity index (χ0v) is 11.2. The summed E-state index contributed by atoms with van der Waals surface area (Å²) in [5.74, 6) is 0.875. The Kier molecular flexibility index (Phi) is 2.74. The number of fused-ring (bicyclic) bond motifs is 1. The minimum atomic E-state index is 0.701. The van der Waals surface area contributed by atoms with Crippen LogP contribution in [0.2, 0.25) is 0 Å². The summed E-state index contributed by atoms with van der Waals surface area (Å²) in [5.41, 5.74) is 4.79. The van der Waals surface area contributed by atoms with Gasteiger partial charge in [-0.2, -0.15) is 0 Å². The summed E-state index contributed by atoms with van der Waals surface area (Å²) in [4.78, 5) is 15.7. The molecular formula is C16H12N4O. The van der Waals surface area contributed by atoms with E-state index in [4.69, 9.17) is 4.42 Å². The SMILES string of the molecule is c1coc(-c2ccc(Cc3ncnc4nc[nH]c34)cc2)c1. The van der Waals surface area contributed by atoms with Crippen LogP contribution >= 0.6 is 0 Å². The molecule has 0 spiro atoms. The van der Waals surface area contributed by atoms with E-state index in [1.807, 2.05) is 12.1 Å². The van der Waals surface area contributed by atoms with Crippen LogP contribution < -0.4 is 0 Å². The maximum absolute atomic E-state index is 5.39. The number of imidazole rings is 1. The van der Waals surface area contributed by atoms with Crippen molar-refractivity contribution in [3.8, 4) is 11.3 Å². The topological polar surface area (TPSA) is 67.6 Å². The number of H-pyrrole nitrogens is 1. The van der Waals surface area contributed by atoms with Crippen LogP contribution in [0, 0.1) is 0 Å². The Bertz CT molecular complexity index is 863. The second-order valence-electron chi connectivity index (χ2n) is 4.77. The highest BCUT2D eigenvalue weighted by Gasteiger charge is 2.07. The number of furan rings is 1. The van der Waals surface area contributed by atoms with Crippen LogP contribution in [0.25, 0.3) is 22.5 Å². The van der Waals surface area contributed by atoms with Crippen LogP contribution in [0.4, 0.5) is 0 Å². The molecule has 4 rings (SSSR count). The van der Waals surface area contributed by atoms with E-state index in [2.05, 4.69) is 44.2 Å². The lowest BCUT2D eigenvalue weighted by molar-refractivity contribution is 0.582. The average molecular weight is 276 g/mol. The van der Waals surface area contributed by atoms with Crippen molar-refractivity contribution in [2.75, 3.05) is 0 Å². The van der Waals surface area contributed by atoms with Gasteiger partial charge in [0.15, 0.2) is 5.65 Å². The van der Waals surface area contributed by atoms with Crippen molar-refractivity contribution in [2.24, 2.45) is 0 Å². The first kappa shape index (κ1) is 11.8. The van der Waals surface area contributed by atoms with Crippen LogP contribution in [0.15, 0.2) is 59.7 Å². The third kappa shape index (κ3) is 2.18. The summed E-state index contributed by atoms with van der Waals surface area (Å²) >= 11 is 0. The summed E-state index contributed by atoms with van der Waals surface area (Å²) in [7, 11) is 0. The Balaban J connectivity index is 1.64. The number of hydrogen-bond acceptors (Lipinski definition) is 4. The van der Waals surface area contributed by atoms with Crippen LogP contribution in [-0.2, 0) is 6.42 Å². The second kappa shape index (κ2) is 4.86. The number of nitrogens with one attached hydrogen (secondary N) is 1. The van der Waals surface area contributed by atoms with E-state index >= 15 is 0 Å². The van der Waals surface area contributed by atoms with Crippen molar-refractivity contribution < 1.29 is 4.42 Å². The molecule has 3 heterocycles. The Morgan fingerprint density at radius 2 is 1.90 bits per heavy atom. The van der Waals surface area contributed by atoms with Gasteiger partial charge in [-0.3, -0.25) is 0 Å². The molecule has 0 amide bonds. The number of rotatable bonds is 3. The van der Waals surface area contributed by atoms with Gasteiger partial charge in [-0.25, -0.2) is 15.0 Å². The van der Waals surface area contributed by atoms with Gasteiger partial charge in [0.1, 0.15) is 17.6 Å². The van der Waals surface area contributed by atoms with E-state index in [0.29, 0.717) is 5.65 Å². The number of nitrogens with zero attached hydrogens (tertiary/aromatic N) is 3. The Morgan fingerprint density at radius 1 is 1.00 bits per heavy atom. The van der Waals surface area contributed by atoms with Gasteiger partial charge in [-0.05, 0) is 17.7 Å². The molecule has 21 heavy (non-hydrogen) atoms. The van der Waals surface area contributed by atoms with Crippen LogP contribution in [0.1, 0.15) is 11.3 Å². The highest BCUT2D eigenvalue weighted by molar-refractivity contribution is 5.72.